The Bertz CT molecular complexity index is 442. The molecule has 0 unspecified atom stereocenters. The van der Waals surface area contributed by atoms with E-state index in [0.717, 1.165) is 0 Å². The molecule has 98 valence electrons. The number of carbonyl (C=O) groups is 1. The number of hydrogen-bond acceptors (Lipinski definition) is 4. The number of benzene rings is 1. The van der Waals surface area contributed by atoms with E-state index in [0.29, 0.717) is 32.0 Å². The third-order valence-corrected chi connectivity index (χ3v) is 2.96. The van der Waals surface area contributed by atoms with Crippen LogP contribution in [0.25, 0.3) is 0 Å². The second-order valence-electron chi connectivity index (χ2n) is 4.31. The number of halogens is 1. The minimum Gasteiger partial charge on any atom is -0.385 e. The van der Waals surface area contributed by atoms with Gasteiger partial charge < -0.3 is 14.7 Å². The Balaban J connectivity index is 2.21. The molecule has 0 bridgehead atoms. The lowest BCUT2D eigenvalue weighted by Gasteiger charge is -2.29. The van der Waals surface area contributed by atoms with Crippen LogP contribution in [0, 0.1) is 5.82 Å². The van der Waals surface area contributed by atoms with Gasteiger partial charge in [-0.2, -0.15) is 0 Å². The lowest BCUT2D eigenvalue weighted by Crippen LogP contribution is -2.36. The van der Waals surface area contributed by atoms with Crippen LogP contribution in [0.2, 0.25) is 0 Å². The Morgan fingerprint density at radius 2 is 2.11 bits per heavy atom. The first-order valence-electron chi connectivity index (χ1n) is 5.94. The Morgan fingerprint density at radius 3 is 2.67 bits per heavy atom. The second-order valence-corrected chi connectivity index (χ2v) is 4.31. The fraction of sp³-hybridized carbons (Fsp3) is 0.462. The van der Waals surface area contributed by atoms with Gasteiger partial charge in [-0.25, -0.2) is 4.39 Å². The minimum absolute atomic E-state index is 0.194. The summed E-state index contributed by atoms with van der Waals surface area (Å²) in [6.07, 6.45) is -1.11. The molecule has 1 aliphatic rings. The predicted octanol–water partition coefficient (Wildman–Crippen LogP) is 1.23. The van der Waals surface area contributed by atoms with E-state index >= 15 is 0 Å². The van der Waals surface area contributed by atoms with Crippen molar-refractivity contribution in [3.63, 3.8) is 0 Å². The van der Waals surface area contributed by atoms with E-state index in [-0.39, 0.29) is 5.56 Å². The van der Waals surface area contributed by atoms with Gasteiger partial charge in [0.25, 0.3) is 0 Å². The van der Waals surface area contributed by atoms with Gasteiger partial charge in [0.15, 0.2) is 5.78 Å². The summed E-state index contributed by atoms with van der Waals surface area (Å²) in [6, 6.07) is 4.30. The van der Waals surface area contributed by atoms with E-state index in [9.17, 15) is 14.3 Å². The van der Waals surface area contributed by atoms with Crippen molar-refractivity contribution in [1.29, 1.82) is 0 Å². The maximum absolute atomic E-state index is 13.9. The molecule has 1 heterocycles. The zero-order valence-electron chi connectivity index (χ0n) is 10.2. The number of rotatable bonds is 3. The van der Waals surface area contributed by atoms with Crippen molar-refractivity contribution >= 4 is 11.5 Å². The highest BCUT2D eigenvalue weighted by Crippen LogP contribution is 2.22. The van der Waals surface area contributed by atoms with Gasteiger partial charge in [-0.1, -0.05) is 0 Å². The molecular formula is C13H16FNO3. The van der Waals surface area contributed by atoms with Gasteiger partial charge in [0.05, 0.1) is 18.9 Å². The molecule has 1 saturated heterocycles. The average Bonchev–Trinajstić information content (AvgIpc) is 2.38. The molecule has 4 nitrogen and oxygen atoms in total. The fourth-order valence-electron chi connectivity index (χ4n) is 1.96. The molecule has 0 aliphatic carbocycles. The number of Topliss-reactive ketones (excluding diaryl/α,β-unsaturated/α-hetero) is 1. The Hall–Kier alpha value is -1.46. The van der Waals surface area contributed by atoms with E-state index in [2.05, 4.69) is 0 Å². The van der Waals surface area contributed by atoms with Gasteiger partial charge in [0.1, 0.15) is 11.9 Å². The van der Waals surface area contributed by atoms with Crippen molar-refractivity contribution in [3.8, 4) is 0 Å². The van der Waals surface area contributed by atoms with Crippen molar-refractivity contribution in [2.24, 2.45) is 0 Å². The molecule has 0 saturated carbocycles. The molecule has 1 aromatic rings. The lowest BCUT2D eigenvalue weighted by atomic mass is 10.1. The second kappa shape index (κ2) is 5.46. The maximum Gasteiger partial charge on any atom is 0.191 e. The van der Waals surface area contributed by atoms with Gasteiger partial charge in [-0.15, -0.1) is 0 Å². The number of ether oxygens (including phenoxy) is 1. The van der Waals surface area contributed by atoms with Crippen LogP contribution in [0.3, 0.4) is 0 Å². The highest BCUT2D eigenvalue weighted by atomic mass is 19.1. The van der Waals surface area contributed by atoms with Crippen molar-refractivity contribution in [2.75, 3.05) is 31.2 Å². The summed E-state index contributed by atoms with van der Waals surface area (Å²) in [5, 5.41) is 9.18. The highest BCUT2D eigenvalue weighted by Gasteiger charge is 2.18. The largest absolute Gasteiger partial charge is 0.385 e. The number of anilines is 1. The first-order valence-corrected chi connectivity index (χ1v) is 5.94. The van der Waals surface area contributed by atoms with Crippen molar-refractivity contribution < 1.29 is 19.0 Å². The van der Waals surface area contributed by atoms with E-state index in [1.807, 2.05) is 4.90 Å². The molecule has 0 aromatic heterocycles. The number of carbonyl (C=O) groups excluding carboxylic acids is 1. The predicted molar refractivity (Wildman–Crippen MR) is 65.4 cm³/mol. The number of morpholine rings is 1. The molecule has 2 rings (SSSR count). The van der Waals surface area contributed by atoms with Crippen molar-refractivity contribution in [3.05, 3.63) is 29.6 Å². The van der Waals surface area contributed by atoms with Crippen LogP contribution in [0.1, 0.15) is 17.3 Å². The molecule has 5 heteroatoms. The summed E-state index contributed by atoms with van der Waals surface area (Å²) >= 11 is 0. The molecule has 1 atom stereocenters. The Labute approximate surface area is 105 Å². The van der Waals surface area contributed by atoms with Crippen LogP contribution >= 0.6 is 0 Å². The third kappa shape index (κ3) is 2.68. The van der Waals surface area contributed by atoms with Gasteiger partial charge in [-0.05, 0) is 25.1 Å². The number of aliphatic hydroxyl groups is 1. The summed E-state index contributed by atoms with van der Waals surface area (Å²) in [5.41, 5.74) is 0.667. The van der Waals surface area contributed by atoms with Gasteiger partial charge in [0.2, 0.25) is 0 Å². The summed E-state index contributed by atoms with van der Waals surface area (Å²) in [6.45, 7) is 3.80. The highest BCUT2D eigenvalue weighted by molar-refractivity contribution is 5.99. The smallest absolute Gasteiger partial charge is 0.191 e. The quantitative estimate of drug-likeness (QED) is 0.823. The molecule has 1 aromatic carbocycles. The van der Waals surface area contributed by atoms with Gasteiger partial charge >= 0.3 is 0 Å². The van der Waals surface area contributed by atoms with Crippen molar-refractivity contribution in [1.82, 2.24) is 0 Å². The van der Waals surface area contributed by atoms with E-state index in [1.165, 1.54) is 13.0 Å². The summed E-state index contributed by atoms with van der Waals surface area (Å²) in [5.74, 6) is -0.911. The first kappa shape index (κ1) is 13.0. The van der Waals surface area contributed by atoms with Crippen LogP contribution in [0.4, 0.5) is 10.1 Å². The Kier molecular flexibility index (Phi) is 3.93. The number of hydrogen-bond donors (Lipinski definition) is 1. The van der Waals surface area contributed by atoms with E-state index in [4.69, 9.17) is 4.74 Å². The maximum atomic E-state index is 13.9. The molecule has 1 N–H and O–H groups in total. The molecule has 0 radical (unpaired) electrons. The molecule has 1 fully saturated rings. The minimum atomic E-state index is -1.11. The van der Waals surface area contributed by atoms with Gasteiger partial charge in [0, 0.05) is 18.7 Å². The molecular weight excluding hydrogens is 237 g/mol. The van der Waals surface area contributed by atoms with Crippen LogP contribution in [-0.4, -0.2) is 43.3 Å². The molecule has 1 aliphatic heterocycles. The lowest BCUT2D eigenvalue weighted by molar-refractivity contribution is 0.0779. The van der Waals surface area contributed by atoms with Gasteiger partial charge in [-0.3, -0.25) is 4.79 Å². The Morgan fingerprint density at radius 1 is 1.44 bits per heavy atom. The monoisotopic (exact) mass is 253 g/mol. The number of aliphatic hydroxyl groups excluding tert-OH is 1. The third-order valence-electron chi connectivity index (χ3n) is 2.96. The summed E-state index contributed by atoms with van der Waals surface area (Å²) in [4.78, 5) is 13.4. The number of nitrogens with zero attached hydrogens (tertiary/aromatic N) is 1. The van der Waals surface area contributed by atoms with Crippen LogP contribution in [-0.2, 0) is 4.74 Å². The van der Waals surface area contributed by atoms with Crippen LogP contribution < -0.4 is 4.90 Å². The molecule has 18 heavy (non-hydrogen) atoms. The topological polar surface area (TPSA) is 49.8 Å². The number of ketones is 1. The average molecular weight is 253 g/mol. The molecule has 0 spiro atoms. The van der Waals surface area contributed by atoms with Crippen LogP contribution in [0.5, 0.6) is 0 Å². The summed E-state index contributed by atoms with van der Waals surface area (Å²) < 4.78 is 19.1. The normalized spacial score (nSPS) is 17.6. The van der Waals surface area contributed by atoms with Crippen LogP contribution in [0.15, 0.2) is 18.2 Å². The van der Waals surface area contributed by atoms with Crippen molar-refractivity contribution in [2.45, 2.75) is 13.0 Å². The summed E-state index contributed by atoms with van der Waals surface area (Å²) in [7, 11) is 0. The first-order chi connectivity index (χ1) is 8.59. The zero-order chi connectivity index (χ0) is 13.1. The standard InChI is InChI=1S/C13H16FNO3/c1-9(16)13(17)10-2-3-12(11(14)8-10)15-4-6-18-7-5-15/h2-3,8-9,16H,4-7H2,1H3/t9-/m0/s1. The molecule has 0 amide bonds. The van der Waals surface area contributed by atoms with E-state index in [1.54, 1.807) is 12.1 Å². The SMILES string of the molecule is C[C@H](O)C(=O)c1ccc(N2CCOCC2)c(F)c1. The van der Waals surface area contributed by atoms with E-state index < -0.39 is 17.7 Å². The zero-order valence-corrected chi connectivity index (χ0v) is 10.2. The fourth-order valence-corrected chi connectivity index (χ4v) is 1.96.